The van der Waals surface area contributed by atoms with Crippen LogP contribution in [0.5, 0.6) is 11.5 Å². The molecule has 1 heterocycles. The molecule has 0 unspecified atom stereocenters. The van der Waals surface area contributed by atoms with Crippen molar-refractivity contribution in [3.63, 3.8) is 0 Å². The predicted molar refractivity (Wildman–Crippen MR) is 125 cm³/mol. The maximum absolute atomic E-state index is 12.8. The minimum absolute atomic E-state index is 0.0114. The van der Waals surface area contributed by atoms with Gasteiger partial charge in [0, 0.05) is 12.1 Å². The van der Waals surface area contributed by atoms with E-state index in [2.05, 4.69) is 0 Å². The molecule has 166 valence electrons. The quantitative estimate of drug-likeness (QED) is 0.262. The van der Waals surface area contributed by atoms with Crippen LogP contribution in [0.4, 0.5) is 16.2 Å². The summed E-state index contributed by atoms with van der Waals surface area (Å²) in [5, 5.41) is 10.4. The van der Waals surface area contributed by atoms with E-state index in [1.165, 1.54) is 19.2 Å². The van der Waals surface area contributed by atoms with E-state index in [1.807, 2.05) is 6.07 Å². The van der Waals surface area contributed by atoms with Gasteiger partial charge in [-0.3, -0.25) is 19.7 Å². The average Bonchev–Trinajstić information content (AvgIpc) is 3.11. The van der Waals surface area contributed by atoms with Crippen molar-refractivity contribution < 1.29 is 24.0 Å². The number of para-hydroxylation sites is 1. The monoisotopic (exact) mass is 462 g/mol. The number of hydrogen-bond donors (Lipinski definition) is 0. The highest BCUT2D eigenvalue weighted by Gasteiger charge is 2.36. The Kier molecular flexibility index (Phi) is 6.41. The molecule has 0 atom stereocenters. The molecule has 1 saturated heterocycles. The predicted octanol–water partition coefficient (Wildman–Crippen LogP) is 5.42. The maximum atomic E-state index is 12.8. The zero-order valence-electron chi connectivity index (χ0n) is 17.5. The van der Waals surface area contributed by atoms with Crippen LogP contribution in [0.2, 0.25) is 0 Å². The van der Waals surface area contributed by atoms with Crippen molar-refractivity contribution in [1.29, 1.82) is 0 Å². The molecule has 0 bridgehead atoms. The summed E-state index contributed by atoms with van der Waals surface area (Å²) in [4.78, 5) is 36.9. The van der Waals surface area contributed by atoms with E-state index in [9.17, 15) is 19.7 Å². The van der Waals surface area contributed by atoms with Crippen molar-refractivity contribution in [2.24, 2.45) is 0 Å². The second-order valence-electron chi connectivity index (χ2n) is 6.98. The van der Waals surface area contributed by atoms with E-state index in [4.69, 9.17) is 9.47 Å². The molecule has 0 aliphatic carbocycles. The number of hydrogen-bond acceptors (Lipinski definition) is 7. The lowest BCUT2D eigenvalue weighted by atomic mass is 10.1. The summed E-state index contributed by atoms with van der Waals surface area (Å²) in [7, 11) is 1.50. The molecule has 0 aromatic heterocycles. The van der Waals surface area contributed by atoms with Gasteiger partial charge in [-0.2, -0.15) is 0 Å². The SMILES string of the molecule is COc1cc(/C=C2/SC(=O)N(c3ccccc3)C2=O)ccc1OCc1ccc([N+](=O)[O-])cc1. The second-order valence-corrected chi connectivity index (χ2v) is 7.97. The molecule has 1 aliphatic rings. The second kappa shape index (κ2) is 9.58. The number of imide groups is 1. The van der Waals surface area contributed by atoms with Crippen LogP contribution in [-0.2, 0) is 11.4 Å². The highest BCUT2D eigenvalue weighted by molar-refractivity contribution is 8.19. The lowest BCUT2D eigenvalue weighted by Gasteiger charge is -2.12. The Labute approximate surface area is 193 Å². The number of thioether (sulfide) groups is 1. The van der Waals surface area contributed by atoms with Crippen LogP contribution in [0, 0.1) is 10.1 Å². The molecule has 3 aromatic rings. The lowest BCUT2D eigenvalue weighted by Crippen LogP contribution is -2.27. The third-order valence-corrected chi connectivity index (χ3v) is 5.70. The molecule has 0 N–H and O–H groups in total. The topological polar surface area (TPSA) is 99.0 Å². The van der Waals surface area contributed by atoms with Gasteiger partial charge in [0.1, 0.15) is 6.61 Å². The first kappa shape index (κ1) is 22.1. The third-order valence-electron chi connectivity index (χ3n) is 4.84. The summed E-state index contributed by atoms with van der Waals surface area (Å²) < 4.78 is 11.2. The number of nitro benzene ring substituents is 1. The van der Waals surface area contributed by atoms with Crippen molar-refractivity contribution in [1.82, 2.24) is 0 Å². The molecule has 0 radical (unpaired) electrons. The van der Waals surface area contributed by atoms with Gasteiger partial charge in [0.15, 0.2) is 11.5 Å². The Morgan fingerprint density at radius 2 is 1.73 bits per heavy atom. The van der Waals surface area contributed by atoms with Gasteiger partial charge in [-0.05, 0) is 65.4 Å². The van der Waals surface area contributed by atoms with E-state index in [0.29, 0.717) is 27.7 Å². The smallest absolute Gasteiger partial charge is 0.298 e. The molecule has 1 fully saturated rings. The molecular formula is C24H18N2O6S. The Bertz CT molecular complexity index is 1240. The van der Waals surface area contributed by atoms with Crippen LogP contribution in [0.3, 0.4) is 0 Å². The van der Waals surface area contributed by atoms with Crippen LogP contribution in [-0.4, -0.2) is 23.2 Å². The van der Waals surface area contributed by atoms with E-state index in [-0.39, 0.29) is 23.4 Å². The van der Waals surface area contributed by atoms with Gasteiger partial charge in [0.05, 0.1) is 22.6 Å². The number of benzene rings is 3. The largest absolute Gasteiger partial charge is 0.493 e. The van der Waals surface area contributed by atoms with E-state index >= 15 is 0 Å². The number of amides is 2. The van der Waals surface area contributed by atoms with Crippen molar-refractivity contribution in [3.05, 3.63) is 98.9 Å². The molecule has 33 heavy (non-hydrogen) atoms. The fourth-order valence-corrected chi connectivity index (χ4v) is 4.03. The molecule has 0 spiro atoms. The first-order chi connectivity index (χ1) is 16.0. The van der Waals surface area contributed by atoms with Gasteiger partial charge in [-0.25, -0.2) is 4.90 Å². The Hall–Kier alpha value is -4.11. The van der Waals surface area contributed by atoms with Crippen molar-refractivity contribution >= 4 is 40.4 Å². The fourth-order valence-electron chi connectivity index (χ4n) is 3.19. The molecule has 2 amide bonds. The van der Waals surface area contributed by atoms with Gasteiger partial charge in [0.2, 0.25) is 0 Å². The Balaban J connectivity index is 1.49. The van der Waals surface area contributed by atoms with Crippen LogP contribution >= 0.6 is 11.8 Å². The number of non-ortho nitro benzene ring substituents is 1. The number of carbonyl (C=O) groups is 2. The van der Waals surface area contributed by atoms with Crippen molar-refractivity contribution in [3.8, 4) is 11.5 Å². The minimum Gasteiger partial charge on any atom is -0.493 e. The minimum atomic E-state index is -0.457. The van der Waals surface area contributed by atoms with Crippen LogP contribution < -0.4 is 14.4 Å². The fraction of sp³-hybridized carbons (Fsp3) is 0.0833. The van der Waals surface area contributed by atoms with E-state index in [1.54, 1.807) is 60.7 Å². The molecule has 0 saturated carbocycles. The number of nitro groups is 1. The molecule has 9 heteroatoms. The van der Waals surface area contributed by atoms with Gasteiger partial charge >= 0.3 is 0 Å². The number of rotatable bonds is 7. The van der Waals surface area contributed by atoms with E-state index in [0.717, 1.165) is 22.2 Å². The molecule has 3 aromatic carbocycles. The standard InChI is InChI=1S/C24H18N2O6S/c1-31-21-13-17(9-12-20(21)32-15-16-7-10-19(11-8-16)26(29)30)14-22-23(27)25(24(28)33-22)18-5-3-2-4-6-18/h2-14H,15H2,1H3/b22-14+. The summed E-state index contributed by atoms with van der Waals surface area (Å²) in [5.74, 6) is 0.548. The number of ether oxygens (including phenoxy) is 2. The highest BCUT2D eigenvalue weighted by Crippen LogP contribution is 2.37. The van der Waals surface area contributed by atoms with Gasteiger partial charge in [-0.15, -0.1) is 0 Å². The highest BCUT2D eigenvalue weighted by atomic mass is 32.2. The number of carbonyl (C=O) groups excluding carboxylic acids is 2. The summed E-state index contributed by atoms with van der Waals surface area (Å²) in [5.41, 5.74) is 1.97. The Morgan fingerprint density at radius 1 is 1.00 bits per heavy atom. The maximum Gasteiger partial charge on any atom is 0.298 e. The third kappa shape index (κ3) is 4.88. The number of methoxy groups -OCH3 is 1. The van der Waals surface area contributed by atoms with Gasteiger partial charge in [0.25, 0.3) is 16.8 Å². The average molecular weight is 462 g/mol. The van der Waals surface area contributed by atoms with Gasteiger partial charge < -0.3 is 9.47 Å². The normalized spacial score (nSPS) is 14.6. The molecule has 8 nitrogen and oxygen atoms in total. The number of anilines is 1. The first-order valence-corrected chi connectivity index (χ1v) is 10.6. The first-order valence-electron chi connectivity index (χ1n) is 9.83. The summed E-state index contributed by atoms with van der Waals surface area (Å²) in [6, 6.07) is 20.0. The zero-order valence-corrected chi connectivity index (χ0v) is 18.3. The van der Waals surface area contributed by atoms with Crippen molar-refractivity contribution in [2.75, 3.05) is 12.0 Å². The van der Waals surface area contributed by atoms with Gasteiger partial charge in [-0.1, -0.05) is 24.3 Å². The van der Waals surface area contributed by atoms with Crippen LogP contribution in [0.25, 0.3) is 6.08 Å². The van der Waals surface area contributed by atoms with E-state index < -0.39 is 4.92 Å². The Morgan fingerprint density at radius 3 is 2.39 bits per heavy atom. The zero-order chi connectivity index (χ0) is 23.4. The summed E-state index contributed by atoms with van der Waals surface area (Å²) in [6.45, 7) is 0.198. The van der Waals surface area contributed by atoms with Crippen LogP contribution in [0.1, 0.15) is 11.1 Å². The lowest BCUT2D eigenvalue weighted by molar-refractivity contribution is -0.384. The van der Waals surface area contributed by atoms with Crippen LogP contribution in [0.15, 0.2) is 77.7 Å². The number of nitrogens with zero attached hydrogens (tertiary/aromatic N) is 2. The van der Waals surface area contributed by atoms with Crippen molar-refractivity contribution in [2.45, 2.75) is 6.61 Å². The molecular weight excluding hydrogens is 444 g/mol. The summed E-state index contributed by atoms with van der Waals surface area (Å²) in [6.07, 6.45) is 1.64. The molecule has 1 aliphatic heterocycles. The molecule has 4 rings (SSSR count). The summed E-state index contributed by atoms with van der Waals surface area (Å²) >= 11 is 0.878.